The first-order valence-corrected chi connectivity index (χ1v) is 8.81. The third-order valence-corrected chi connectivity index (χ3v) is 4.52. The number of nitrogens with one attached hydrogen (secondary N) is 1. The summed E-state index contributed by atoms with van der Waals surface area (Å²) in [6.07, 6.45) is 1.48. The van der Waals surface area contributed by atoms with Crippen LogP contribution in [-0.2, 0) is 11.3 Å². The summed E-state index contributed by atoms with van der Waals surface area (Å²) in [5.74, 6) is -0.321. The van der Waals surface area contributed by atoms with Crippen molar-refractivity contribution < 1.29 is 9.18 Å². The van der Waals surface area contributed by atoms with Crippen molar-refractivity contribution in [3.8, 4) is 0 Å². The van der Waals surface area contributed by atoms with Crippen molar-refractivity contribution in [1.82, 2.24) is 15.0 Å². The Bertz CT molecular complexity index is 905. The number of thioether (sulfide) groups is 1. The molecule has 2 aromatic carbocycles. The largest absolute Gasteiger partial charge is 0.319 e. The molecule has 0 aliphatic rings. The minimum absolute atomic E-state index is 0.212. The number of hydrazone groups is 1. The molecule has 0 bridgehead atoms. The number of nitrogens with zero attached hydrogens (tertiary/aromatic N) is 3. The number of carbonyl (C=O) groups excluding carboxylic acids is 1. The summed E-state index contributed by atoms with van der Waals surface area (Å²) in [4.78, 5) is 16.5. The van der Waals surface area contributed by atoms with Crippen LogP contribution in [0.1, 0.15) is 12.5 Å². The van der Waals surface area contributed by atoms with Gasteiger partial charge in [-0.05, 0) is 36.8 Å². The van der Waals surface area contributed by atoms with E-state index in [1.807, 2.05) is 31.2 Å². The molecule has 1 aromatic heterocycles. The molecule has 0 saturated carbocycles. The fourth-order valence-electron chi connectivity index (χ4n) is 2.36. The molecule has 3 rings (SSSR count). The van der Waals surface area contributed by atoms with Gasteiger partial charge in [0.25, 0.3) is 5.91 Å². The normalized spacial score (nSPS) is 11.3. The van der Waals surface area contributed by atoms with E-state index >= 15 is 0 Å². The molecule has 1 amide bonds. The molecule has 3 aromatic rings. The van der Waals surface area contributed by atoms with Gasteiger partial charge in [-0.15, -0.1) is 0 Å². The molecule has 7 heteroatoms. The number of aromatic nitrogens is 2. The first-order chi connectivity index (χ1) is 12.2. The van der Waals surface area contributed by atoms with Gasteiger partial charge in [-0.2, -0.15) is 5.10 Å². The highest BCUT2D eigenvalue weighted by Crippen LogP contribution is 2.23. The van der Waals surface area contributed by atoms with Crippen LogP contribution in [0, 0.1) is 5.82 Å². The van der Waals surface area contributed by atoms with E-state index in [1.165, 1.54) is 30.1 Å². The van der Waals surface area contributed by atoms with Crippen LogP contribution < -0.4 is 5.43 Å². The van der Waals surface area contributed by atoms with Gasteiger partial charge in [0, 0.05) is 6.54 Å². The fourth-order valence-corrected chi connectivity index (χ4v) is 3.23. The highest BCUT2D eigenvalue weighted by molar-refractivity contribution is 7.99. The third-order valence-electron chi connectivity index (χ3n) is 3.54. The Labute approximate surface area is 148 Å². The van der Waals surface area contributed by atoms with Crippen LogP contribution in [0.15, 0.2) is 58.8 Å². The van der Waals surface area contributed by atoms with Crippen molar-refractivity contribution in [3.63, 3.8) is 0 Å². The molecular formula is C18H17FN4OS. The maximum Gasteiger partial charge on any atom is 0.250 e. The number of fused-ring (bicyclic) bond motifs is 1. The fraction of sp³-hybridized carbons (Fsp3) is 0.167. The molecule has 128 valence electrons. The summed E-state index contributed by atoms with van der Waals surface area (Å²) in [5, 5.41) is 4.69. The summed E-state index contributed by atoms with van der Waals surface area (Å²) in [6, 6.07) is 13.7. The second-order valence-corrected chi connectivity index (χ2v) is 6.20. The maximum absolute atomic E-state index is 12.8. The summed E-state index contributed by atoms with van der Waals surface area (Å²) in [6.45, 7) is 2.83. The zero-order chi connectivity index (χ0) is 17.6. The van der Waals surface area contributed by atoms with Gasteiger partial charge in [0.1, 0.15) is 5.82 Å². The average Bonchev–Trinajstić information content (AvgIpc) is 2.99. The van der Waals surface area contributed by atoms with Gasteiger partial charge in [0.15, 0.2) is 5.16 Å². The maximum atomic E-state index is 12.8. The number of amides is 1. The first kappa shape index (κ1) is 17.2. The number of halogens is 1. The van der Waals surface area contributed by atoms with E-state index < -0.39 is 0 Å². The lowest BCUT2D eigenvalue weighted by molar-refractivity contribution is -0.118. The van der Waals surface area contributed by atoms with E-state index in [2.05, 4.69) is 20.1 Å². The Morgan fingerprint density at radius 2 is 2.04 bits per heavy atom. The minimum Gasteiger partial charge on any atom is -0.319 e. The number of rotatable bonds is 6. The summed E-state index contributed by atoms with van der Waals surface area (Å²) < 4.78 is 14.9. The molecule has 0 aliphatic carbocycles. The van der Waals surface area contributed by atoms with Crippen LogP contribution in [0.4, 0.5) is 4.39 Å². The minimum atomic E-state index is -0.309. The average molecular weight is 356 g/mol. The number of carbonyl (C=O) groups is 1. The van der Waals surface area contributed by atoms with Crippen LogP contribution in [-0.4, -0.2) is 27.4 Å². The predicted molar refractivity (Wildman–Crippen MR) is 98.3 cm³/mol. The molecule has 0 aliphatic heterocycles. The SMILES string of the molecule is CCn1c(SCC(=O)N/N=C/c2ccc(F)cc2)nc2ccccc21. The molecular weight excluding hydrogens is 339 g/mol. The van der Waals surface area contributed by atoms with Gasteiger partial charge in [-0.3, -0.25) is 4.79 Å². The lowest BCUT2D eigenvalue weighted by atomic mass is 10.2. The number of aryl methyl sites for hydroxylation is 1. The second-order valence-electron chi connectivity index (χ2n) is 5.26. The number of imidazole rings is 1. The molecule has 1 N–H and O–H groups in total. The lowest BCUT2D eigenvalue weighted by Crippen LogP contribution is -2.20. The van der Waals surface area contributed by atoms with Gasteiger partial charge in [0.2, 0.25) is 0 Å². The van der Waals surface area contributed by atoms with Crippen LogP contribution in [0.25, 0.3) is 11.0 Å². The molecule has 0 unspecified atom stereocenters. The zero-order valence-corrected chi connectivity index (χ0v) is 14.5. The lowest BCUT2D eigenvalue weighted by Gasteiger charge is -2.04. The number of para-hydroxylation sites is 2. The van der Waals surface area contributed by atoms with E-state index in [9.17, 15) is 9.18 Å². The van der Waals surface area contributed by atoms with Crippen LogP contribution in [0.5, 0.6) is 0 Å². The number of hydrogen-bond acceptors (Lipinski definition) is 4. The summed E-state index contributed by atoms with van der Waals surface area (Å²) in [7, 11) is 0. The van der Waals surface area contributed by atoms with Gasteiger partial charge < -0.3 is 4.57 Å². The van der Waals surface area contributed by atoms with Crippen molar-refractivity contribution in [2.45, 2.75) is 18.6 Å². The van der Waals surface area contributed by atoms with Crippen LogP contribution in [0.3, 0.4) is 0 Å². The van der Waals surface area contributed by atoms with Crippen molar-refractivity contribution in [1.29, 1.82) is 0 Å². The standard InChI is InChI=1S/C18H17FN4OS/c1-2-23-16-6-4-3-5-15(16)21-18(23)25-12-17(24)22-20-11-13-7-9-14(19)10-8-13/h3-11H,2,12H2,1H3,(H,22,24)/b20-11+. The quantitative estimate of drug-likeness (QED) is 0.418. The van der Waals surface area contributed by atoms with Crippen molar-refractivity contribution in [3.05, 3.63) is 59.9 Å². The van der Waals surface area contributed by atoms with E-state index in [-0.39, 0.29) is 17.5 Å². The van der Waals surface area contributed by atoms with Crippen molar-refractivity contribution in [2.75, 3.05) is 5.75 Å². The Morgan fingerprint density at radius 1 is 1.28 bits per heavy atom. The first-order valence-electron chi connectivity index (χ1n) is 7.83. The van der Waals surface area contributed by atoms with E-state index in [0.29, 0.717) is 5.56 Å². The van der Waals surface area contributed by atoms with E-state index in [0.717, 1.165) is 22.7 Å². The van der Waals surface area contributed by atoms with Crippen LogP contribution >= 0.6 is 11.8 Å². The molecule has 0 atom stereocenters. The molecule has 0 spiro atoms. The highest BCUT2D eigenvalue weighted by atomic mass is 32.2. The van der Waals surface area contributed by atoms with Crippen molar-refractivity contribution >= 4 is 34.9 Å². The van der Waals surface area contributed by atoms with E-state index in [1.54, 1.807) is 12.1 Å². The monoisotopic (exact) mass is 356 g/mol. The third kappa shape index (κ3) is 4.24. The van der Waals surface area contributed by atoms with Gasteiger partial charge in [0.05, 0.1) is 23.0 Å². The Kier molecular flexibility index (Phi) is 5.45. The van der Waals surface area contributed by atoms with Gasteiger partial charge in [-0.25, -0.2) is 14.8 Å². The predicted octanol–water partition coefficient (Wildman–Crippen LogP) is 3.44. The van der Waals surface area contributed by atoms with Gasteiger partial charge >= 0.3 is 0 Å². The Hall–Kier alpha value is -2.67. The van der Waals surface area contributed by atoms with Crippen molar-refractivity contribution in [2.24, 2.45) is 5.10 Å². The topological polar surface area (TPSA) is 59.3 Å². The molecule has 0 fully saturated rings. The number of hydrogen-bond donors (Lipinski definition) is 1. The zero-order valence-electron chi connectivity index (χ0n) is 13.6. The van der Waals surface area contributed by atoms with Gasteiger partial charge in [-0.1, -0.05) is 36.0 Å². The second kappa shape index (κ2) is 7.94. The van der Waals surface area contributed by atoms with E-state index in [4.69, 9.17) is 0 Å². The Morgan fingerprint density at radius 3 is 2.80 bits per heavy atom. The smallest absolute Gasteiger partial charge is 0.250 e. The summed E-state index contributed by atoms with van der Waals surface area (Å²) >= 11 is 1.37. The summed E-state index contributed by atoms with van der Waals surface area (Å²) in [5.41, 5.74) is 5.15. The molecule has 0 saturated heterocycles. The highest BCUT2D eigenvalue weighted by Gasteiger charge is 2.11. The van der Waals surface area contributed by atoms with Crippen LogP contribution in [0.2, 0.25) is 0 Å². The molecule has 1 heterocycles. The Balaban J connectivity index is 1.58. The number of benzene rings is 2. The molecule has 0 radical (unpaired) electrons. The molecule has 25 heavy (non-hydrogen) atoms. The molecule has 5 nitrogen and oxygen atoms in total.